The molecule has 0 aromatic heterocycles. The summed E-state index contributed by atoms with van der Waals surface area (Å²) in [6, 6.07) is 88.3. The van der Waals surface area contributed by atoms with Gasteiger partial charge in [-0.1, -0.05) is 203 Å². The summed E-state index contributed by atoms with van der Waals surface area (Å²) in [5.41, 5.74) is 25.5. The highest BCUT2D eigenvalue weighted by atomic mass is 16.5. The molecule has 11 aromatic rings. The number of rotatable bonds is 21. The molecule has 0 spiro atoms. The largest absolute Gasteiger partial charge is 0.457 e. The van der Waals surface area contributed by atoms with Crippen molar-refractivity contribution < 1.29 is 9.47 Å². The maximum absolute atomic E-state index is 6.78. The molecule has 2 aliphatic rings. The van der Waals surface area contributed by atoms with E-state index in [-0.39, 0.29) is 5.41 Å². The minimum absolute atomic E-state index is 0.110. The topological polar surface area (TPSA) is 24.9 Å². The van der Waals surface area contributed by atoms with Gasteiger partial charge in [-0.3, -0.25) is 0 Å². The van der Waals surface area contributed by atoms with Gasteiger partial charge >= 0.3 is 0 Å². The van der Waals surface area contributed by atoms with Gasteiger partial charge in [0.2, 0.25) is 0 Å². The Bertz CT molecular complexity index is 4170. The lowest BCUT2D eigenvalue weighted by Gasteiger charge is -2.35. The normalized spacial score (nSPS) is 12.9. The summed E-state index contributed by atoms with van der Waals surface area (Å²) < 4.78 is 13.6. The van der Waals surface area contributed by atoms with Gasteiger partial charge in [-0.25, -0.2) is 0 Å². The van der Waals surface area contributed by atoms with Crippen molar-refractivity contribution in [2.75, 3.05) is 9.80 Å². The van der Waals surface area contributed by atoms with Gasteiger partial charge in [0.05, 0.1) is 5.41 Å². The van der Waals surface area contributed by atoms with Crippen molar-refractivity contribution >= 4 is 52.4 Å². The first kappa shape index (κ1) is 57.9. The molecular formula is C85H76N2O2. The summed E-state index contributed by atoms with van der Waals surface area (Å²) in [5.74, 6) is 3.03. The molecule has 4 nitrogen and oxygen atoms in total. The zero-order valence-electron chi connectivity index (χ0n) is 51.9. The number of unbranched alkanes of at least 4 members (excludes halogenated alkanes) is 2. The van der Waals surface area contributed by atoms with Crippen LogP contribution in [0.25, 0.3) is 40.5 Å². The molecule has 0 N–H and O–H groups in total. The van der Waals surface area contributed by atoms with Crippen molar-refractivity contribution in [3.05, 3.63) is 329 Å². The van der Waals surface area contributed by atoms with E-state index in [2.05, 4.69) is 307 Å². The number of hydrogen-bond acceptors (Lipinski definition) is 4. The molecule has 0 radical (unpaired) electrons. The van der Waals surface area contributed by atoms with E-state index in [0.29, 0.717) is 0 Å². The average Bonchev–Trinajstić information content (AvgIpc) is 1.53. The van der Waals surface area contributed by atoms with E-state index < -0.39 is 5.41 Å². The van der Waals surface area contributed by atoms with Crippen LogP contribution >= 0.6 is 0 Å². The van der Waals surface area contributed by atoms with Gasteiger partial charge in [-0.05, 0) is 239 Å². The van der Waals surface area contributed by atoms with Crippen LogP contribution in [-0.4, -0.2) is 0 Å². The van der Waals surface area contributed by atoms with E-state index in [1.165, 1.54) is 66.8 Å². The molecule has 0 fully saturated rings. The van der Waals surface area contributed by atoms with Gasteiger partial charge in [0, 0.05) is 39.5 Å². The van der Waals surface area contributed by atoms with Gasteiger partial charge in [-0.15, -0.1) is 0 Å². The van der Waals surface area contributed by atoms with E-state index in [0.717, 1.165) is 118 Å². The molecule has 0 saturated carbocycles. The number of anilines is 6. The van der Waals surface area contributed by atoms with Crippen LogP contribution in [0.15, 0.2) is 262 Å². The van der Waals surface area contributed by atoms with E-state index >= 15 is 0 Å². The van der Waals surface area contributed by atoms with Crippen molar-refractivity contribution in [3.8, 4) is 45.3 Å². The second-order valence-corrected chi connectivity index (χ2v) is 24.2. The van der Waals surface area contributed by atoms with Gasteiger partial charge in [0.15, 0.2) is 0 Å². The Balaban J connectivity index is 0.900. The lowest BCUT2D eigenvalue weighted by Crippen LogP contribution is -2.29. The summed E-state index contributed by atoms with van der Waals surface area (Å²) in [5, 5.41) is 0. The van der Waals surface area contributed by atoms with E-state index in [1.54, 1.807) is 0 Å². The highest BCUT2D eigenvalue weighted by molar-refractivity contribution is 5.93. The van der Waals surface area contributed by atoms with Gasteiger partial charge in [0.1, 0.15) is 23.0 Å². The molecule has 0 atom stereocenters. The lowest BCUT2D eigenvalue weighted by molar-refractivity contribution is 0.414. The fourth-order valence-electron chi connectivity index (χ4n) is 13.9. The molecule has 89 heavy (non-hydrogen) atoms. The third-order valence-electron chi connectivity index (χ3n) is 18.5. The summed E-state index contributed by atoms with van der Waals surface area (Å²) in [7, 11) is 0. The zero-order valence-corrected chi connectivity index (χ0v) is 51.9. The van der Waals surface area contributed by atoms with Crippen LogP contribution in [0.4, 0.5) is 34.1 Å². The Morgan fingerprint density at radius 2 is 0.640 bits per heavy atom. The lowest BCUT2D eigenvalue weighted by atomic mass is 9.66. The highest BCUT2D eigenvalue weighted by Gasteiger charge is 2.50. The Labute approximate surface area is 527 Å². The van der Waals surface area contributed by atoms with Crippen LogP contribution in [-0.2, 0) is 10.8 Å². The molecule has 0 amide bonds. The van der Waals surface area contributed by atoms with Crippen LogP contribution < -0.4 is 19.3 Å². The summed E-state index contributed by atoms with van der Waals surface area (Å²) in [6.45, 7) is 23.3. The molecule has 0 aliphatic heterocycles. The third kappa shape index (κ3) is 10.8. The van der Waals surface area contributed by atoms with Crippen LogP contribution in [0, 0.1) is 20.8 Å². The highest BCUT2D eigenvalue weighted by Crippen LogP contribution is 2.62. The molecule has 0 unspecified atom stereocenters. The Morgan fingerprint density at radius 1 is 0.326 bits per heavy atom. The number of ether oxygens (including phenoxy) is 2. The summed E-state index contributed by atoms with van der Waals surface area (Å²) >= 11 is 0. The van der Waals surface area contributed by atoms with Crippen LogP contribution in [0.2, 0.25) is 0 Å². The third-order valence-corrected chi connectivity index (χ3v) is 18.5. The first-order valence-electron chi connectivity index (χ1n) is 31.6. The fourth-order valence-corrected chi connectivity index (χ4v) is 13.9. The van der Waals surface area contributed by atoms with E-state index in [9.17, 15) is 0 Å². The number of benzene rings is 11. The predicted octanol–water partition coefficient (Wildman–Crippen LogP) is 24.1. The fraction of sp³-hybridized carbons (Fsp3) is 0.153. The molecule has 4 heteroatoms. The first-order chi connectivity index (χ1) is 43.5. The Kier molecular flexibility index (Phi) is 16.0. The van der Waals surface area contributed by atoms with E-state index in [4.69, 9.17) is 9.47 Å². The molecule has 0 bridgehead atoms. The van der Waals surface area contributed by atoms with Crippen molar-refractivity contribution in [1.82, 2.24) is 0 Å². The standard InChI is InChI=1S/C85H76N2O2/c1-9-14-52-84(53-15-10-2)80-55-63(13-5)25-51-76(80)78-57-83-79(56-81(78)84)77-50-20-60(8)54-82(77)85(83,64-26-42-72(43-27-64)88-74-46-38-70(39-47-74)86(66-30-16-58(6)17-31-66)68-34-21-61(11-3)22-35-68)65-28-44-73(45-29-65)89-75-48-40-71(41-49-75)87(67-32-18-59(7)19-33-67)69-36-23-62(12-4)24-37-69/h11-13,16-51,54-57H,3-5,9-10,14-15,52-53H2,1-2,6-8H3. The minimum atomic E-state index is -0.710. The number of hydrogen-bond donors (Lipinski definition) is 0. The van der Waals surface area contributed by atoms with Gasteiger partial charge in [-0.2, -0.15) is 0 Å². The molecule has 11 aromatic carbocycles. The van der Waals surface area contributed by atoms with Gasteiger partial charge in [0.25, 0.3) is 0 Å². The maximum atomic E-state index is 6.78. The SMILES string of the molecule is C=Cc1ccc(N(c2ccc(C)cc2)c2ccc(Oc3ccc(C4(c5ccc(Oc6ccc(N(c7ccc(C)cc7)c7ccc(C=C)cc7)cc6)cc5)c5cc(C)ccc5-c5cc6c(cc54)-c4ccc(C=C)cc4C6(CCCC)CCCC)cc3)cc2)cc1. The second kappa shape index (κ2) is 24.5. The second-order valence-electron chi connectivity index (χ2n) is 24.2. The van der Waals surface area contributed by atoms with E-state index in [1.807, 2.05) is 18.2 Å². The molecule has 0 heterocycles. The molecular weight excluding hydrogens is 1080 g/mol. The van der Waals surface area contributed by atoms with Crippen LogP contribution in [0.1, 0.15) is 119 Å². The van der Waals surface area contributed by atoms with Crippen molar-refractivity contribution in [3.63, 3.8) is 0 Å². The van der Waals surface area contributed by atoms with Crippen LogP contribution in [0.3, 0.4) is 0 Å². The number of aryl methyl sites for hydroxylation is 3. The Morgan fingerprint density at radius 3 is 1.06 bits per heavy atom. The molecule has 13 rings (SSSR count). The van der Waals surface area contributed by atoms with Gasteiger partial charge < -0.3 is 19.3 Å². The first-order valence-corrected chi connectivity index (χ1v) is 31.6. The Hall–Kier alpha value is -10.2. The average molecular weight is 1160 g/mol. The molecule has 2 aliphatic carbocycles. The smallest absolute Gasteiger partial charge is 0.127 e. The quantitative estimate of drug-likeness (QED) is 0.0716. The maximum Gasteiger partial charge on any atom is 0.127 e. The molecule has 0 saturated heterocycles. The number of nitrogens with zero attached hydrogens (tertiary/aromatic N) is 2. The molecule has 438 valence electrons. The van der Waals surface area contributed by atoms with Crippen LogP contribution in [0.5, 0.6) is 23.0 Å². The monoisotopic (exact) mass is 1160 g/mol. The van der Waals surface area contributed by atoms with Crippen molar-refractivity contribution in [2.24, 2.45) is 0 Å². The minimum Gasteiger partial charge on any atom is -0.457 e. The van der Waals surface area contributed by atoms with Crippen molar-refractivity contribution in [2.45, 2.75) is 84.0 Å². The summed E-state index contributed by atoms with van der Waals surface area (Å²) in [6.07, 6.45) is 12.6. The number of fused-ring (bicyclic) bond motifs is 6. The zero-order chi connectivity index (χ0) is 61.2. The van der Waals surface area contributed by atoms with Crippen molar-refractivity contribution in [1.29, 1.82) is 0 Å². The summed E-state index contributed by atoms with van der Waals surface area (Å²) in [4.78, 5) is 4.54. The predicted molar refractivity (Wildman–Crippen MR) is 376 cm³/mol.